The molecule has 2 heteroatoms. The van der Waals surface area contributed by atoms with Gasteiger partial charge in [-0.1, -0.05) is 29.8 Å². The molecule has 98 valence electrons. The van der Waals surface area contributed by atoms with Crippen LogP contribution in [0.2, 0.25) is 0 Å². The Hall–Kier alpha value is -1.96. The van der Waals surface area contributed by atoms with Gasteiger partial charge in [0.25, 0.3) is 0 Å². The first-order valence-electron chi connectivity index (χ1n) is 6.81. The van der Waals surface area contributed by atoms with Gasteiger partial charge in [-0.05, 0) is 43.2 Å². The minimum atomic E-state index is 0.306. The Morgan fingerprint density at radius 1 is 1.16 bits per heavy atom. The summed E-state index contributed by atoms with van der Waals surface area (Å²) in [5.41, 5.74) is 5.09. The zero-order chi connectivity index (χ0) is 13.2. The minimum Gasteiger partial charge on any atom is -0.493 e. The molecule has 0 fully saturated rings. The molecule has 1 heterocycles. The van der Waals surface area contributed by atoms with E-state index in [-0.39, 0.29) is 0 Å². The van der Waals surface area contributed by atoms with Crippen molar-refractivity contribution in [2.45, 2.75) is 26.3 Å². The number of rotatable bonds is 3. The molecule has 0 aromatic heterocycles. The van der Waals surface area contributed by atoms with Crippen LogP contribution in [0.1, 0.15) is 29.7 Å². The van der Waals surface area contributed by atoms with Gasteiger partial charge in [0.1, 0.15) is 5.75 Å². The molecule has 0 spiro atoms. The van der Waals surface area contributed by atoms with Gasteiger partial charge in [0.05, 0.1) is 6.61 Å². The summed E-state index contributed by atoms with van der Waals surface area (Å²) >= 11 is 0. The molecule has 1 unspecified atom stereocenters. The van der Waals surface area contributed by atoms with Crippen molar-refractivity contribution in [2.75, 3.05) is 11.9 Å². The molecule has 0 aliphatic carbocycles. The maximum Gasteiger partial charge on any atom is 0.122 e. The first kappa shape index (κ1) is 12.1. The summed E-state index contributed by atoms with van der Waals surface area (Å²) in [6.45, 7) is 5.13. The van der Waals surface area contributed by atoms with Gasteiger partial charge in [0.15, 0.2) is 0 Å². The predicted molar refractivity (Wildman–Crippen MR) is 78.9 cm³/mol. The Balaban J connectivity index is 1.77. The van der Waals surface area contributed by atoms with Crippen LogP contribution in [0.3, 0.4) is 0 Å². The van der Waals surface area contributed by atoms with Crippen LogP contribution < -0.4 is 10.1 Å². The van der Waals surface area contributed by atoms with Crippen molar-refractivity contribution >= 4 is 5.69 Å². The van der Waals surface area contributed by atoms with Crippen molar-refractivity contribution in [1.82, 2.24) is 0 Å². The van der Waals surface area contributed by atoms with E-state index in [4.69, 9.17) is 4.74 Å². The fraction of sp³-hybridized carbons (Fsp3) is 0.294. The van der Waals surface area contributed by atoms with E-state index >= 15 is 0 Å². The van der Waals surface area contributed by atoms with E-state index in [9.17, 15) is 0 Å². The van der Waals surface area contributed by atoms with Gasteiger partial charge in [0.2, 0.25) is 0 Å². The molecule has 19 heavy (non-hydrogen) atoms. The maximum absolute atomic E-state index is 5.53. The smallest absolute Gasteiger partial charge is 0.122 e. The van der Waals surface area contributed by atoms with E-state index in [2.05, 4.69) is 61.6 Å². The number of hydrogen-bond donors (Lipinski definition) is 1. The lowest BCUT2D eigenvalue weighted by Gasteiger charge is -2.16. The first-order valence-corrected chi connectivity index (χ1v) is 6.81. The standard InChI is InChI=1S/C17H19NO/c1-12-4-3-5-14(10-12)13(2)18-16-6-7-17-15(11-16)8-9-19-17/h3-7,10-11,13,18H,8-9H2,1-2H3. The second kappa shape index (κ2) is 4.96. The minimum absolute atomic E-state index is 0.306. The third-order valence-corrected chi connectivity index (χ3v) is 3.61. The number of hydrogen-bond acceptors (Lipinski definition) is 2. The lowest BCUT2D eigenvalue weighted by atomic mass is 10.1. The van der Waals surface area contributed by atoms with Crippen molar-refractivity contribution in [3.63, 3.8) is 0 Å². The van der Waals surface area contributed by atoms with Crippen molar-refractivity contribution in [3.8, 4) is 5.75 Å². The summed E-state index contributed by atoms with van der Waals surface area (Å²) < 4.78 is 5.53. The monoisotopic (exact) mass is 253 g/mol. The number of benzene rings is 2. The molecule has 0 saturated heterocycles. The van der Waals surface area contributed by atoms with Gasteiger partial charge < -0.3 is 10.1 Å². The van der Waals surface area contributed by atoms with Crippen LogP contribution in [0.4, 0.5) is 5.69 Å². The van der Waals surface area contributed by atoms with E-state index in [1.165, 1.54) is 22.4 Å². The second-order valence-corrected chi connectivity index (χ2v) is 5.20. The summed E-state index contributed by atoms with van der Waals surface area (Å²) in [5, 5.41) is 3.56. The van der Waals surface area contributed by atoms with Gasteiger partial charge in [-0.2, -0.15) is 0 Å². The molecule has 0 amide bonds. The molecule has 1 aliphatic heterocycles. The fourth-order valence-corrected chi connectivity index (χ4v) is 2.55. The van der Waals surface area contributed by atoms with E-state index in [1.807, 2.05) is 0 Å². The van der Waals surface area contributed by atoms with Crippen LogP contribution in [-0.4, -0.2) is 6.61 Å². The highest BCUT2D eigenvalue weighted by atomic mass is 16.5. The predicted octanol–water partition coefficient (Wildman–Crippen LogP) is 4.10. The van der Waals surface area contributed by atoms with Crippen molar-refractivity contribution in [1.29, 1.82) is 0 Å². The molecule has 0 bridgehead atoms. The topological polar surface area (TPSA) is 21.3 Å². The summed E-state index contributed by atoms with van der Waals surface area (Å²) in [6.07, 6.45) is 1.02. The molecule has 2 aromatic rings. The highest BCUT2D eigenvalue weighted by Gasteiger charge is 2.13. The SMILES string of the molecule is Cc1cccc(C(C)Nc2ccc3c(c2)CCO3)c1. The lowest BCUT2D eigenvalue weighted by Crippen LogP contribution is -2.06. The number of nitrogens with one attached hydrogen (secondary N) is 1. The summed E-state index contributed by atoms with van der Waals surface area (Å²) in [7, 11) is 0. The lowest BCUT2D eigenvalue weighted by molar-refractivity contribution is 0.357. The third-order valence-electron chi connectivity index (χ3n) is 3.61. The number of ether oxygens (including phenoxy) is 1. The second-order valence-electron chi connectivity index (χ2n) is 5.20. The molecule has 3 rings (SSSR count). The van der Waals surface area contributed by atoms with Gasteiger partial charge in [0, 0.05) is 18.2 Å². The molecule has 1 aliphatic rings. The van der Waals surface area contributed by atoms with E-state index in [0.29, 0.717) is 6.04 Å². The third kappa shape index (κ3) is 2.58. The van der Waals surface area contributed by atoms with Gasteiger partial charge in [-0.3, -0.25) is 0 Å². The quantitative estimate of drug-likeness (QED) is 0.889. The Morgan fingerprint density at radius 3 is 2.89 bits per heavy atom. The molecule has 1 N–H and O–H groups in total. The molecular weight excluding hydrogens is 234 g/mol. The Kier molecular flexibility index (Phi) is 3.16. The number of aryl methyl sites for hydroxylation is 1. The van der Waals surface area contributed by atoms with Gasteiger partial charge in [-0.15, -0.1) is 0 Å². The highest BCUT2D eigenvalue weighted by molar-refractivity contribution is 5.53. The van der Waals surface area contributed by atoms with Crippen molar-refractivity contribution in [2.24, 2.45) is 0 Å². The number of anilines is 1. The van der Waals surface area contributed by atoms with Crippen LogP contribution in [0, 0.1) is 6.92 Å². The molecule has 2 aromatic carbocycles. The Labute approximate surface area is 114 Å². The number of fused-ring (bicyclic) bond motifs is 1. The normalized spacial score (nSPS) is 14.6. The highest BCUT2D eigenvalue weighted by Crippen LogP contribution is 2.29. The zero-order valence-corrected chi connectivity index (χ0v) is 11.4. The Morgan fingerprint density at radius 2 is 2.05 bits per heavy atom. The van der Waals surface area contributed by atoms with Crippen molar-refractivity contribution < 1.29 is 4.74 Å². The molecule has 1 atom stereocenters. The summed E-state index contributed by atoms with van der Waals surface area (Å²) in [4.78, 5) is 0. The van der Waals surface area contributed by atoms with Crippen LogP contribution in [0.15, 0.2) is 42.5 Å². The van der Waals surface area contributed by atoms with Gasteiger partial charge in [-0.25, -0.2) is 0 Å². The molecule has 0 radical (unpaired) electrons. The van der Waals surface area contributed by atoms with Crippen molar-refractivity contribution in [3.05, 3.63) is 59.2 Å². The average molecular weight is 253 g/mol. The first-order chi connectivity index (χ1) is 9.22. The van der Waals surface area contributed by atoms with Crippen LogP contribution in [0.25, 0.3) is 0 Å². The zero-order valence-electron chi connectivity index (χ0n) is 11.4. The largest absolute Gasteiger partial charge is 0.493 e. The van der Waals surface area contributed by atoms with E-state index < -0.39 is 0 Å². The fourth-order valence-electron chi connectivity index (χ4n) is 2.55. The molecular formula is C17H19NO. The van der Waals surface area contributed by atoms with Crippen LogP contribution >= 0.6 is 0 Å². The Bertz CT molecular complexity index is 592. The van der Waals surface area contributed by atoms with E-state index in [0.717, 1.165) is 18.8 Å². The maximum atomic E-state index is 5.53. The van der Waals surface area contributed by atoms with E-state index in [1.54, 1.807) is 0 Å². The molecule has 0 saturated carbocycles. The molecule has 2 nitrogen and oxygen atoms in total. The summed E-state index contributed by atoms with van der Waals surface area (Å²) in [6, 6.07) is 15.3. The summed E-state index contributed by atoms with van der Waals surface area (Å²) in [5.74, 6) is 1.04. The average Bonchev–Trinajstić information content (AvgIpc) is 2.86. The van der Waals surface area contributed by atoms with Gasteiger partial charge >= 0.3 is 0 Å². The van der Waals surface area contributed by atoms with Crippen LogP contribution in [0.5, 0.6) is 5.75 Å². The van der Waals surface area contributed by atoms with Crippen LogP contribution in [-0.2, 0) is 6.42 Å².